The summed E-state index contributed by atoms with van der Waals surface area (Å²) in [5, 5.41) is 13.7. The van der Waals surface area contributed by atoms with Crippen molar-refractivity contribution in [2.24, 2.45) is 0 Å². The van der Waals surface area contributed by atoms with Crippen LogP contribution in [0.25, 0.3) is 0 Å². The van der Waals surface area contributed by atoms with Gasteiger partial charge in [0.1, 0.15) is 12.0 Å². The van der Waals surface area contributed by atoms with Crippen molar-refractivity contribution in [3.63, 3.8) is 0 Å². The fourth-order valence-corrected chi connectivity index (χ4v) is 3.78. The molecule has 0 amide bonds. The molecule has 0 aromatic carbocycles. The average molecular weight is 285 g/mol. The van der Waals surface area contributed by atoms with Crippen molar-refractivity contribution in [2.45, 2.75) is 25.8 Å². The van der Waals surface area contributed by atoms with Crippen LogP contribution in [0.2, 0.25) is 0 Å². The Balaban J connectivity index is 2.13. The lowest BCUT2D eigenvalue weighted by atomic mass is 10.1. The maximum Gasteiger partial charge on any atom is 0.287 e. The van der Waals surface area contributed by atoms with Gasteiger partial charge in [-0.25, -0.2) is 13.4 Å². The largest absolute Gasteiger partial charge is 0.366 e. The second-order valence-corrected chi connectivity index (χ2v) is 6.94. The molecule has 0 aliphatic carbocycles. The number of aryl methyl sites for hydroxylation is 1. The van der Waals surface area contributed by atoms with E-state index in [1.807, 2.05) is 0 Å². The Morgan fingerprint density at radius 3 is 2.84 bits per heavy atom. The molecule has 1 aliphatic heterocycles. The number of sulfone groups is 1. The van der Waals surface area contributed by atoms with Crippen LogP contribution >= 0.6 is 0 Å². The number of hydrogen-bond donors (Lipinski definition) is 1. The van der Waals surface area contributed by atoms with Crippen LogP contribution < -0.4 is 5.32 Å². The number of aromatic nitrogens is 1. The molecule has 0 bridgehead atoms. The molecule has 1 aromatic heterocycles. The van der Waals surface area contributed by atoms with Crippen molar-refractivity contribution in [1.82, 2.24) is 4.98 Å². The number of hydrogen-bond acceptors (Lipinski definition) is 6. The summed E-state index contributed by atoms with van der Waals surface area (Å²) in [4.78, 5) is 14.1. The van der Waals surface area contributed by atoms with Crippen LogP contribution in [0.1, 0.15) is 18.4 Å². The van der Waals surface area contributed by atoms with Crippen molar-refractivity contribution < 1.29 is 13.3 Å². The Morgan fingerprint density at radius 2 is 2.26 bits per heavy atom. The summed E-state index contributed by atoms with van der Waals surface area (Å²) in [6, 6.07) is 1.25. The fraction of sp³-hybridized carbons (Fsp3) is 0.545. The minimum atomic E-state index is -2.98. The van der Waals surface area contributed by atoms with Crippen LogP contribution in [0.5, 0.6) is 0 Å². The van der Waals surface area contributed by atoms with E-state index in [0.29, 0.717) is 17.8 Å². The first-order chi connectivity index (χ1) is 8.87. The zero-order valence-corrected chi connectivity index (χ0v) is 11.3. The van der Waals surface area contributed by atoms with Crippen LogP contribution in [0, 0.1) is 17.0 Å². The van der Waals surface area contributed by atoms with Gasteiger partial charge in [-0.1, -0.05) is 0 Å². The molecule has 0 saturated carbocycles. The summed E-state index contributed by atoms with van der Waals surface area (Å²) in [5.74, 6) is 0.830. The molecule has 104 valence electrons. The highest BCUT2D eigenvalue weighted by Crippen LogP contribution is 2.21. The van der Waals surface area contributed by atoms with Crippen LogP contribution in [-0.2, 0) is 9.84 Å². The van der Waals surface area contributed by atoms with E-state index in [-0.39, 0.29) is 23.2 Å². The summed E-state index contributed by atoms with van der Waals surface area (Å²) >= 11 is 0. The zero-order valence-electron chi connectivity index (χ0n) is 10.5. The smallest absolute Gasteiger partial charge is 0.287 e. The van der Waals surface area contributed by atoms with E-state index in [1.54, 1.807) is 6.92 Å². The SMILES string of the molecule is Cc1cc([N+](=O)[O-])cnc1NC1CCCS(=O)(=O)C1. The predicted octanol–water partition coefficient (Wildman–Crippen LogP) is 1.29. The summed E-state index contributed by atoms with van der Waals surface area (Å²) in [6.45, 7) is 1.71. The van der Waals surface area contributed by atoms with Gasteiger partial charge in [0, 0.05) is 12.1 Å². The maximum atomic E-state index is 11.5. The van der Waals surface area contributed by atoms with E-state index in [2.05, 4.69) is 10.3 Å². The highest BCUT2D eigenvalue weighted by molar-refractivity contribution is 7.91. The molecule has 19 heavy (non-hydrogen) atoms. The molecule has 2 rings (SSSR count). The molecule has 1 saturated heterocycles. The molecule has 7 nitrogen and oxygen atoms in total. The summed E-state index contributed by atoms with van der Waals surface area (Å²) in [5.41, 5.74) is 0.566. The Morgan fingerprint density at radius 1 is 1.53 bits per heavy atom. The zero-order chi connectivity index (χ0) is 14.0. The van der Waals surface area contributed by atoms with E-state index < -0.39 is 14.8 Å². The number of anilines is 1. The molecule has 1 unspecified atom stereocenters. The third-order valence-electron chi connectivity index (χ3n) is 3.08. The molecule has 1 aliphatic rings. The second kappa shape index (κ2) is 5.12. The molecule has 0 radical (unpaired) electrons. The van der Waals surface area contributed by atoms with Gasteiger partial charge in [0.15, 0.2) is 9.84 Å². The van der Waals surface area contributed by atoms with E-state index >= 15 is 0 Å². The Kier molecular flexibility index (Phi) is 3.70. The van der Waals surface area contributed by atoms with Crippen molar-refractivity contribution in [3.8, 4) is 0 Å². The molecule has 1 fully saturated rings. The highest BCUT2D eigenvalue weighted by Gasteiger charge is 2.25. The first kappa shape index (κ1) is 13.7. The Hall–Kier alpha value is -1.70. The molecule has 2 heterocycles. The lowest BCUT2D eigenvalue weighted by Gasteiger charge is -2.24. The standard InChI is InChI=1S/C11H15N3O4S/c1-8-5-10(14(15)16)6-12-11(8)13-9-3-2-4-19(17,18)7-9/h5-6,9H,2-4,7H2,1H3,(H,12,13). The van der Waals surface area contributed by atoms with Gasteiger partial charge in [-0.2, -0.15) is 0 Å². The van der Waals surface area contributed by atoms with Crippen molar-refractivity contribution >= 4 is 21.3 Å². The fourth-order valence-electron chi connectivity index (χ4n) is 2.14. The maximum absolute atomic E-state index is 11.5. The molecule has 0 spiro atoms. The lowest BCUT2D eigenvalue weighted by molar-refractivity contribution is -0.385. The molecular weight excluding hydrogens is 270 g/mol. The highest BCUT2D eigenvalue weighted by atomic mass is 32.2. The van der Waals surface area contributed by atoms with Gasteiger partial charge in [-0.05, 0) is 25.3 Å². The monoisotopic (exact) mass is 285 g/mol. The van der Waals surface area contributed by atoms with Crippen LogP contribution in [0.15, 0.2) is 12.3 Å². The normalized spacial score (nSPS) is 21.8. The first-order valence-corrected chi connectivity index (χ1v) is 7.77. The second-order valence-electron chi connectivity index (χ2n) is 4.71. The number of nitro groups is 1. The topological polar surface area (TPSA) is 102 Å². The predicted molar refractivity (Wildman–Crippen MR) is 70.9 cm³/mol. The number of nitrogens with one attached hydrogen (secondary N) is 1. The summed E-state index contributed by atoms with van der Waals surface area (Å²) < 4.78 is 23.1. The molecule has 1 aromatic rings. The van der Waals surface area contributed by atoms with Crippen molar-refractivity contribution in [3.05, 3.63) is 27.9 Å². The lowest BCUT2D eigenvalue weighted by Crippen LogP contribution is -2.35. The Bertz CT molecular complexity index is 600. The molecule has 1 atom stereocenters. The number of nitrogens with zero attached hydrogens (tertiary/aromatic N) is 2. The molecular formula is C11H15N3O4S. The van der Waals surface area contributed by atoms with E-state index in [4.69, 9.17) is 0 Å². The van der Waals surface area contributed by atoms with Crippen LogP contribution in [0.3, 0.4) is 0 Å². The third kappa shape index (κ3) is 3.40. The van der Waals surface area contributed by atoms with Crippen molar-refractivity contribution in [2.75, 3.05) is 16.8 Å². The number of pyridine rings is 1. The third-order valence-corrected chi connectivity index (χ3v) is 4.90. The average Bonchev–Trinajstić information content (AvgIpc) is 2.30. The van der Waals surface area contributed by atoms with Crippen molar-refractivity contribution in [1.29, 1.82) is 0 Å². The van der Waals surface area contributed by atoms with E-state index in [0.717, 1.165) is 6.42 Å². The molecule has 1 N–H and O–H groups in total. The Labute approximate surface area is 111 Å². The minimum absolute atomic E-state index is 0.0701. The van der Waals surface area contributed by atoms with E-state index in [1.165, 1.54) is 12.3 Å². The molecule has 8 heteroatoms. The van der Waals surface area contributed by atoms with Gasteiger partial charge in [0.25, 0.3) is 5.69 Å². The van der Waals surface area contributed by atoms with Gasteiger partial charge in [0.2, 0.25) is 0 Å². The summed E-state index contributed by atoms with van der Waals surface area (Å²) in [7, 11) is -2.98. The number of rotatable bonds is 3. The van der Waals surface area contributed by atoms with Gasteiger partial charge >= 0.3 is 0 Å². The van der Waals surface area contributed by atoms with Crippen LogP contribution in [0.4, 0.5) is 11.5 Å². The first-order valence-electron chi connectivity index (χ1n) is 5.95. The summed E-state index contributed by atoms with van der Waals surface area (Å²) in [6.07, 6.45) is 2.57. The minimum Gasteiger partial charge on any atom is -0.366 e. The van der Waals surface area contributed by atoms with Crippen LogP contribution in [-0.4, -0.2) is 35.9 Å². The van der Waals surface area contributed by atoms with Gasteiger partial charge in [-0.3, -0.25) is 10.1 Å². The van der Waals surface area contributed by atoms with E-state index in [9.17, 15) is 18.5 Å². The van der Waals surface area contributed by atoms with Gasteiger partial charge in [-0.15, -0.1) is 0 Å². The van der Waals surface area contributed by atoms with Gasteiger partial charge < -0.3 is 5.32 Å². The van der Waals surface area contributed by atoms with Gasteiger partial charge in [0.05, 0.1) is 16.4 Å². The quantitative estimate of drug-likeness (QED) is 0.663.